The summed E-state index contributed by atoms with van der Waals surface area (Å²) in [6, 6.07) is 5.19. The second-order valence-electron chi connectivity index (χ2n) is 3.48. The Morgan fingerprint density at radius 1 is 1.18 bits per heavy atom. The maximum Gasteiger partial charge on any atom is 0.313 e. The van der Waals surface area contributed by atoms with E-state index < -0.39 is 5.97 Å². The van der Waals surface area contributed by atoms with Crippen LogP contribution in [-0.2, 0) is 9.53 Å². The first-order valence-electron chi connectivity index (χ1n) is 5.18. The Labute approximate surface area is 117 Å². The Morgan fingerprint density at radius 2 is 1.76 bits per heavy atom. The van der Waals surface area contributed by atoms with Crippen molar-refractivity contribution >= 4 is 43.6 Å². The Hall–Kier alpha value is -0.680. The molecule has 0 saturated carbocycles. The van der Waals surface area contributed by atoms with Crippen LogP contribution in [0.1, 0.15) is 30.1 Å². The third kappa shape index (κ3) is 5.00. The van der Waals surface area contributed by atoms with Crippen LogP contribution in [0.4, 0.5) is 0 Å². The molecule has 0 aliphatic carbocycles. The number of esters is 1. The zero-order valence-electron chi connectivity index (χ0n) is 9.33. The maximum atomic E-state index is 11.8. The summed E-state index contributed by atoms with van der Waals surface area (Å²) < 4.78 is 6.44. The van der Waals surface area contributed by atoms with Gasteiger partial charge < -0.3 is 4.74 Å². The number of hydrogen-bond acceptors (Lipinski definition) is 3. The lowest BCUT2D eigenvalue weighted by atomic mass is 10.1. The highest BCUT2D eigenvalue weighted by Gasteiger charge is 2.13. The van der Waals surface area contributed by atoms with E-state index in [0.717, 1.165) is 15.4 Å². The van der Waals surface area contributed by atoms with Crippen molar-refractivity contribution in [2.45, 2.75) is 19.8 Å². The van der Waals surface area contributed by atoms with E-state index in [0.29, 0.717) is 12.2 Å². The molecule has 1 rings (SSSR count). The molecule has 0 aliphatic rings. The number of Topliss-reactive ketones (excluding diaryl/α,β-unsaturated/α-hetero) is 1. The minimum absolute atomic E-state index is 0.219. The smallest absolute Gasteiger partial charge is 0.313 e. The van der Waals surface area contributed by atoms with Crippen LogP contribution in [0.2, 0.25) is 0 Å². The first-order chi connectivity index (χ1) is 8.02. The molecular weight excluding hydrogens is 352 g/mol. The highest BCUT2D eigenvalue weighted by Crippen LogP contribution is 2.21. The average molecular weight is 364 g/mol. The molecule has 0 radical (unpaired) electrons. The number of halogens is 2. The van der Waals surface area contributed by atoms with Crippen LogP contribution in [-0.4, -0.2) is 18.4 Å². The number of ketones is 1. The molecule has 1 aromatic carbocycles. The molecule has 92 valence electrons. The highest BCUT2D eigenvalue weighted by molar-refractivity contribution is 9.11. The van der Waals surface area contributed by atoms with E-state index in [1.807, 2.05) is 13.0 Å². The standard InChI is InChI=1S/C12H12Br2O3/c1-2-3-17-12(16)7-11(15)8-4-9(13)6-10(14)5-8/h4-6H,2-3,7H2,1H3. The first kappa shape index (κ1) is 14.4. The van der Waals surface area contributed by atoms with Gasteiger partial charge >= 0.3 is 5.97 Å². The third-order valence-electron chi connectivity index (χ3n) is 1.96. The summed E-state index contributed by atoms with van der Waals surface area (Å²) in [4.78, 5) is 23.1. The second kappa shape index (κ2) is 6.91. The zero-order valence-corrected chi connectivity index (χ0v) is 12.5. The van der Waals surface area contributed by atoms with E-state index in [4.69, 9.17) is 4.74 Å². The Morgan fingerprint density at radius 3 is 2.29 bits per heavy atom. The van der Waals surface area contributed by atoms with Crippen molar-refractivity contribution < 1.29 is 14.3 Å². The van der Waals surface area contributed by atoms with Gasteiger partial charge in [-0.25, -0.2) is 0 Å². The van der Waals surface area contributed by atoms with Crippen LogP contribution in [0.3, 0.4) is 0 Å². The molecule has 5 heteroatoms. The molecule has 0 unspecified atom stereocenters. The lowest BCUT2D eigenvalue weighted by Crippen LogP contribution is -2.12. The SMILES string of the molecule is CCCOC(=O)CC(=O)c1cc(Br)cc(Br)c1. The number of ether oxygens (including phenoxy) is 1. The van der Waals surface area contributed by atoms with Gasteiger partial charge in [0.1, 0.15) is 6.42 Å². The fraction of sp³-hybridized carbons (Fsp3) is 0.333. The van der Waals surface area contributed by atoms with Gasteiger partial charge in [-0.2, -0.15) is 0 Å². The molecule has 0 saturated heterocycles. The van der Waals surface area contributed by atoms with Crippen LogP contribution in [0.5, 0.6) is 0 Å². The summed E-state index contributed by atoms with van der Waals surface area (Å²) in [5, 5.41) is 0. The Bertz CT molecular complexity index is 410. The molecule has 0 atom stereocenters. The lowest BCUT2D eigenvalue weighted by molar-refractivity contribution is -0.142. The molecule has 0 aromatic heterocycles. The molecule has 3 nitrogen and oxygen atoms in total. The Balaban J connectivity index is 2.66. The van der Waals surface area contributed by atoms with Crippen molar-refractivity contribution in [2.24, 2.45) is 0 Å². The van der Waals surface area contributed by atoms with Gasteiger partial charge in [-0.1, -0.05) is 38.8 Å². The molecule has 0 fully saturated rings. The number of benzene rings is 1. The van der Waals surface area contributed by atoms with Gasteiger partial charge in [0.05, 0.1) is 6.61 Å². The van der Waals surface area contributed by atoms with Crippen LogP contribution >= 0.6 is 31.9 Å². The fourth-order valence-corrected chi connectivity index (χ4v) is 2.51. The summed E-state index contributed by atoms with van der Waals surface area (Å²) in [5.74, 6) is -0.721. The van der Waals surface area contributed by atoms with Gasteiger partial charge in [0, 0.05) is 14.5 Å². The predicted octanol–water partition coefficient (Wildman–Crippen LogP) is 3.74. The molecule has 1 aromatic rings. The van der Waals surface area contributed by atoms with E-state index >= 15 is 0 Å². The van der Waals surface area contributed by atoms with Crippen molar-refractivity contribution in [3.05, 3.63) is 32.7 Å². The number of hydrogen-bond donors (Lipinski definition) is 0. The van der Waals surface area contributed by atoms with Gasteiger partial charge in [0.2, 0.25) is 0 Å². The largest absolute Gasteiger partial charge is 0.465 e. The molecule has 0 heterocycles. The monoisotopic (exact) mass is 362 g/mol. The average Bonchev–Trinajstić information content (AvgIpc) is 2.25. The predicted molar refractivity (Wildman–Crippen MR) is 72.0 cm³/mol. The number of carbonyl (C=O) groups is 2. The van der Waals surface area contributed by atoms with Crippen LogP contribution in [0, 0.1) is 0 Å². The quantitative estimate of drug-likeness (QED) is 0.454. The summed E-state index contributed by atoms with van der Waals surface area (Å²) >= 11 is 6.58. The van der Waals surface area contributed by atoms with Crippen molar-refractivity contribution in [2.75, 3.05) is 6.61 Å². The second-order valence-corrected chi connectivity index (χ2v) is 5.31. The maximum absolute atomic E-state index is 11.8. The molecular formula is C12H12Br2O3. The zero-order chi connectivity index (χ0) is 12.8. The molecule has 0 N–H and O–H groups in total. The van der Waals surface area contributed by atoms with E-state index in [1.54, 1.807) is 12.1 Å². The lowest BCUT2D eigenvalue weighted by Gasteiger charge is -2.04. The summed E-state index contributed by atoms with van der Waals surface area (Å²) in [5.41, 5.74) is 0.486. The van der Waals surface area contributed by atoms with Crippen molar-refractivity contribution in [3.8, 4) is 0 Å². The van der Waals surface area contributed by atoms with E-state index in [2.05, 4.69) is 31.9 Å². The van der Waals surface area contributed by atoms with Gasteiger partial charge in [-0.15, -0.1) is 0 Å². The van der Waals surface area contributed by atoms with Crippen molar-refractivity contribution in [1.29, 1.82) is 0 Å². The van der Waals surface area contributed by atoms with Gasteiger partial charge in [0.15, 0.2) is 5.78 Å². The minimum Gasteiger partial charge on any atom is -0.465 e. The first-order valence-corrected chi connectivity index (χ1v) is 6.76. The topological polar surface area (TPSA) is 43.4 Å². The number of rotatable bonds is 5. The van der Waals surface area contributed by atoms with Crippen LogP contribution in [0.25, 0.3) is 0 Å². The minimum atomic E-state index is -0.479. The molecule has 0 aliphatic heterocycles. The number of carbonyl (C=O) groups excluding carboxylic acids is 2. The normalized spacial score (nSPS) is 10.1. The van der Waals surface area contributed by atoms with Gasteiger partial charge in [0.25, 0.3) is 0 Å². The summed E-state index contributed by atoms with van der Waals surface area (Å²) in [6.07, 6.45) is 0.533. The summed E-state index contributed by atoms with van der Waals surface area (Å²) in [6.45, 7) is 2.26. The van der Waals surface area contributed by atoms with E-state index in [1.165, 1.54) is 0 Å². The van der Waals surface area contributed by atoms with Crippen molar-refractivity contribution in [1.82, 2.24) is 0 Å². The third-order valence-corrected chi connectivity index (χ3v) is 2.87. The molecule has 17 heavy (non-hydrogen) atoms. The van der Waals surface area contributed by atoms with Gasteiger partial charge in [-0.05, 0) is 24.6 Å². The van der Waals surface area contributed by atoms with E-state index in [-0.39, 0.29) is 12.2 Å². The fourth-order valence-electron chi connectivity index (χ4n) is 1.21. The van der Waals surface area contributed by atoms with Crippen LogP contribution < -0.4 is 0 Å². The molecule has 0 spiro atoms. The highest BCUT2D eigenvalue weighted by atomic mass is 79.9. The molecule has 0 amide bonds. The van der Waals surface area contributed by atoms with Crippen LogP contribution in [0.15, 0.2) is 27.1 Å². The summed E-state index contributed by atoms with van der Waals surface area (Å²) in [7, 11) is 0. The van der Waals surface area contributed by atoms with Gasteiger partial charge in [-0.3, -0.25) is 9.59 Å². The molecule has 0 bridgehead atoms. The Kier molecular flexibility index (Phi) is 5.85. The van der Waals surface area contributed by atoms with E-state index in [9.17, 15) is 9.59 Å². The van der Waals surface area contributed by atoms with Crippen molar-refractivity contribution in [3.63, 3.8) is 0 Å².